The van der Waals surface area contributed by atoms with Crippen LogP contribution in [0.3, 0.4) is 0 Å². The normalized spacial score (nSPS) is 16.4. The molecule has 1 aromatic rings. The molecule has 20 heavy (non-hydrogen) atoms. The van der Waals surface area contributed by atoms with E-state index in [4.69, 9.17) is 5.73 Å². The average molecular weight is 279 g/mol. The molecule has 1 saturated heterocycles. The third-order valence-electron chi connectivity index (χ3n) is 3.85. The standard InChI is InChI=1S/C15H22FN3O/c1-2-18-10-12-9-13(16)3-4-14(12)19-7-5-11(6-8-19)15(17)20/h3-4,9,11,18H,2,5-8,10H2,1H3,(H2,17,20). The van der Waals surface area contributed by atoms with Gasteiger partial charge in [-0.15, -0.1) is 0 Å². The summed E-state index contributed by atoms with van der Waals surface area (Å²) in [6.07, 6.45) is 1.54. The predicted molar refractivity (Wildman–Crippen MR) is 77.9 cm³/mol. The van der Waals surface area contributed by atoms with Gasteiger partial charge in [0.2, 0.25) is 5.91 Å². The Morgan fingerprint density at radius 2 is 2.15 bits per heavy atom. The summed E-state index contributed by atoms with van der Waals surface area (Å²) in [6, 6.07) is 4.90. The zero-order chi connectivity index (χ0) is 14.5. The van der Waals surface area contributed by atoms with Crippen molar-refractivity contribution in [1.82, 2.24) is 5.32 Å². The Bertz CT molecular complexity index is 470. The summed E-state index contributed by atoms with van der Waals surface area (Å²) >= 11 is 0. The van der Waals surface area contributed by atoms with Gasteiger partial charge >= 0.3 is 0 Å². The molecule has 0 aromatic heterocycles. The van der Waals surface area contributed by atoms with Crippen LogP contribution in [0, 0.1) is 11.7 Å². The molecular formula is C15H22FN3O. The molecule has 0 atom stereocenters. The number of hydrogen-bond acceptors (Lipinski definition) is 3. The molecule has 110 valence electrons. The van der Waals surface area contributed by atoms with Gasteiger partial charge in [0, 0.05) is 31.2 Å². The highest BCUT2D eigenvalue weighted by Gasteiger charge is 2.24. The van der Waals surface area contributed by atoms with Gasteiger partial charge in [0.1, 0.15) is 5.82 Å². The Labute approximate surface area is 119 Å². The average Bonchev–Trinajstić information content (AvgIpc) is 2.45. The van der Waals surface area contributed by atoms with Crippen molar-refractivity contribution in [3.63, 3.8) is 0 Å². The van der Waals surface area contributed by atoms with Crippen LogP contribution in [0.15, 0.2) is 18.2 Å². The van der Waals surface area contributed by atoms with Crippen molar-refractivity contribution < 1.29 is 9.18 Å². The first kappa shape index (κ1) is 14.8. The van der Waals surface area contributed by atoms with E-state index < -0.39 is 0 Å². The molecule has 1 heterocycles. The van der Waals surface area contributed by atoms with E-state index in [1.807, 2.05) is 13.0 Å². The molecule has 0 spiro atoms. The summed E-state index contributed by atoms with van der Waals surface area (Å²) in [5.41, 5.74) is 7.36. The number of carbonyl (C=O) groups is 1. The van der Waals surface area contributed by atoms with Gasteiger partial charge in [0.05, 0.1) is 0 Å². The molecule has 0 saturated carbocycles. The van der Waals surface area contributed by atoms with Crippen LogP contribution >= 0.6 is 0 Å². The third-order valence-corrected chi connectivity index (χ3v) is 3.85. The molecule has 0 radical (unpaired) electrons. The van der Waals surface area contributed by atoms with Crippen molar-refractivity contribution in [1.29, 1.82) is 0 Å². The Hall–Kier alpha value is -1.62. The van der Waals surface area contributed by atoms with E-state index in [9.17, 15) is 9.18 Å². The largest absolute Gasteiger partial charge is 0.371 e. The minimum Gasteiger partial charge on any atom is -0.371 e. The number of nitrogens with one attached hydrogen (secondary N) is 1. The first-order chi connectivity index (χ1) is 9.61. The van der Waals surface area contributed by atoms with Crippen LogP contribution in [0.5, 0.6) is 0 Å². The number of piperidine rings is 1. The molecule has 3 N–H and O–H groups in total. The summed E-state index contributed by atoms with van der Waals surface area (Å²) in [5, 5.41) is 3.23. The predicted octanol–water partition coefficient (Wildman–Crippen LogP) is 1.64. The van der Waals surface area contributed by atoms with Crippen molar-refractivity contribution in [2.45, 2.75) is 26.3 Å². The number of carbonyl (C=O) groups excluding carboxylic acids is 1. The van der Waals surface area contributed by atoms with Crippen molar-refractivity contribution in [2.24, 2.45) is 11.7 Å². The second kappa shape index (κ2) is 6.70. The second-order valence-electron chi connectivity index (χ2n) is 5.22. The number of rotatable bonds is 5. The number of hydrogen-bond donors (Lipinski definition) is 2. The van der Waals surface area contributed by atoms with E-state index in [1.54, 1.807) is 6.07 Å². The Morgan fingerprint density at radius 1 is 1.45 bits per heavy atom. The Balaban J connectivity index is 2.10. The summed E-state index contributed by atoms with van der Waals surface area (Å²) in [7, 11) is 0. The molecule has 1 aliphatic rings. The molecule has 0 aliphatic carbocycles. The van der Waals surface area contributed by atoms with Crippen LogP contribution in [0.1, 0.15) is 25.3 Å². The molecule has 1 aliphatic heterocycles. The quantitative estimate of drug-likeness (QED) is 0.861. The lowest BCUT2D eigenvalue weighted by atomic mass is 9.95. The maximum absolute atomic E-state index is 13.4. The lowest BCUT2D eigenvalue weighted by molar-refractivity contribution is -0.122. The smallest absolute Gasteiger partial charge is 0.220 e. The molecular weight excluding hydrogens is 257 g/mol. The Morgan fingerprint density at radius 3 is 2.75 bits per heavy atom. The van der Waals surface area contributed by atoms with E-state index in [1.165, 1.54) is 6.07 Å². The van der Waals surface area contributed by atoms with Gasteiger partial charge in [-0.1, -0.05) is 6.92 Å². The SMILES string of the molecule is CCNCc1cc(F)ccc1N1CCC(C(N)=O)CC1. The number of amides is 1. The van der Waals surface area contributed by atoms with Gasteiger partial charge in [-0.3, -0.25) is 4.79 Å². The molecule has 5 heteroatoms. The molecule has 4 nitrogen and oxygen atoms in total. The van der Waals surface area contributed by atoms with Gasteiger partial charge < -0.3 is 16.0 Å². The van der Waals surface area contributed by atoms with Gasteiger partial charge in [-0.05, 0) is 43.1 Å². The summed E-state index contributed by atoms with van der Waals surface area (Å²) in [6.45, 7) is 5.10. The number of nitrogens with two attached hydrogens (primary N) is 1. The van der Waals surface area contributed by atoms with E-state index in [0.717, 1.165) is 43.7 Å². The fraction of sp³-hybridized carbons (Fsp3) is 0.533. The molecule has 0 unspecified atom stereocenters. The number of primary amides is 1. The van der Waals surface area contributed by atoms with Gasteiger partial charge in [0.15, 0.2) is 0 Å². The van der Waals surface area contributed by atoms with Crippen LogP contribution in [0.25, 0.3) is 0 Å². The first-order valence-corrected chi connectivity index (χ1v) is 7.15. The van der Waals surface area contributed by atoms with Gasteiger partial charge in [-0.2, -0.15) is 0 Å². The third kappa shape index (κ3) is 3.48. The lowest BCUT2D eigenvalue weighted by Gasteiger charge is -2.33. The van der Waals surface area contributed by atoms with Crippen molar-refractivity contribution in [2.75, 3.05) is 24.5 Å². The molecule has 2 rings (SSSR count). The van der Waals surface area contributed by atoms with Crippen LogP contribution in [0.4, 0.5) is 10.1 Å². The van der Waals surface area contributed by atoms with Crippen LogP contribution in [0.2, 0.25) is 0 Å². The molecule has 1 fully saturated rings. The molecule has 1 aromatic carbocycles. The lowest BCUT2D eigenvalue weighted by Crippen LogP contribution is -2.39. The van der Waals surface area contributed by atoms with Crippen LogP contribution in [-0.4, -0.2) is 25.5 Å². The fourth-order valence-corrected chi connectivity index (χ4v) is 2.67. The second-order valence-corrected chi connectivity index (χ2v) is 5.22. The molecule has 0 bridgehead atoms. The minimum atomic E-state index is -0.214. The highest BCUT2D eigenvalue weighted by molar-refractivity contribution is 5.77. The summed E-state index contributed by atoms with van der Waals surface area (Å²) in [4.78, 5) is 13.4. The van der Waals surface area contributed by atoms with E-state index in [0.29, 0.717) is 6.54 Å². The van der Waals surface area contributed by atoms with E-state index >= 15 is 0 Å². The van der Waals surface area contributed by atoms with Gasteiger partial charge in [-0.25, -0.2) is 4.39 Å². The van der Waals surface area contributed by atoms with Crippen LogP contribution < -0.4 is 16.0 Å². The maximum Gasteiger partial charge on any atom is 0.220 e. The number of nitrogens with zero attached hydrogens (tertiary/aromatic N) is 1. The molecule has 1 amide bonds. The zero-order valence-electron chi connectivity index (χ0n) is 11.9. The van der Waals surface area contributed by atoms with E-state index in [-0.39, 0.29) is 17.6 Å². The maximum atomic E-state index is 13.4. The number of anilines is 1. The summed E-state index contributed by atoms with van der Waals surface area (Å²) in [5.74, 6) is -0.450. The van der Waals surface area contributed by atoms with Crippen molar-refractivity contribution in [3.8, 4) is 0 Å². The van der Waals surface area contributed by atoms with Crippen LogP contribution in [-0.2, 0) is 11.3 Å². The minimum absolute atomic E-state index is 0.0242. The highest BCUT2D eigenvalue weighted by atomic mass is 19.1. The van der Waals surface area contributed by atoms with Crippen molar-refractivity contribution >= 4 is 11.6 Å². The summed E-state index contributed by atoms with van der Waals surface area (Å²) < 4.78 is 13.4. The fourth-order valence-electron chi connectivity index (χ4n) is 2.67. The number of benzene rings is 1. The zero-order valence-corrected chi connectivity index (χ0v) is 11.9. The Kier molecular flexibility index (Phi) is 4.95. The van der Waals surface area contributed by atoms with Crippen molar-refractivity contribution in [3.05, 3.63) is 29.6 Å². The monoisotopic (exact) mass is 279 g/mol. The number of halogens is 1. The first-order valence-electron chi connectivity index (χ1n) is 7.15. The van der Waals surface area contributed by atoms with Gasteiger partial charge in [0.25, 0.3) is 0 Å². The highest BCUT2D eigenvalue weighted by Crippen LogP contribution is 2.27. The van der Waals surface area contributed by atoms with E-state index in [2.05, 4.69) is 10.2 Å². The topological polar surface area (TPSA) is 58.4 Å².